The predicted molar refractivity (Wildman–Crippen MR) is 110 cm³/mol. The molecule has 0 amide bonds. The molecule has 0 aromatic heterocycles. The Morgan fingerprint density at radius 1 is 0.958 bits per heavy atom. The van der Waals surface area contributed by atoms with Gasteiger partial charge < -0.3 is 4.74 Å². The quantitative estimate of drug-likeness (QED) is 0.508. The van der Waals surface area contributed by atoms with Crippen LogP contribution < -0.4 is 4.74 Å². The van der Waals surface area contributed by atoms with Crippen molar-refractivity contribution in [3.8, 4) is 5.75 Å². The fourth-order valence-corrected chi connectivity index (χ4v) is 3.89. The van der Waals surface area contributed by atoms with E-state index in [4.69, 9.17) is 30.0 Å². The lowest BCUT2D eigenvalue weighted by Gasteiger charge is -2.17. The molecular weight excluding hydrogens is 332 g/mol. The van der Waals surface area contributed by atoms with Gasteiger partial charge in [0.1, 0.15) is 5.75 Å². The molecule has 126 valence electrons. The van der Waals surface area contributed by atoms with Gasteiger partial charge in [-0.3, -0.25) is 0 Å². The average Bonchev–Trinajstić information content (AvgIpc) is 2.62. The van der Waals surface area contributed by atoms with Crippen LogP contribution in [0, 0.1) is 6.92 Å². The topological polar surface area (TPSA) is 9.23 Å². The van der Waals surface area contributed by atoms with Crippen LogP contribution in [0.2, 0.25) is 0 Å². The molecule has 1 aliphatic rings. The van der Waals surface area contributed by atoms with Crippen molar-refractivity contribution >= 4 is 35.1 Å². The van der Waals surface area contributed by atoms with Gasteiger partial charge >= 0.3 is 0 Å². The number of rotatable bonds is 4. The summed E-state index contributed by atoms with van der Waals surface area (Å²) in [6, 6.07) is 12.8. The molecule has 0 saturated heterocycles. The van der Waals surface area contributed by atoms with E-state index in [1.165, 1.54) is 42.4 Å². The van der Waals surface area contributed by atoms with Crippen molar-refractivity contribution in [2.75, 3.05) is 6.61 Å². The molecule has 2 aromatic rings. The lowest BCUT2D eigenvalue weighted by molar-refractivity contribution is 0.340. The molecule has 0 bridgehead atoms. The second-order valence-electron chi connectivity index (χ2n) is 6.30. The van der Waals surface area contributed by atoms with Gasteiger partial charge in [-0.25, -0.2) is 0 Å². The van der Waals surface area contributed by atoms with Crippen molar-refractivity contribution in [2.45, 2.75) is 39.5 Å². The third kappa shape index (κ3) is 3.68. The van der Waals surface area contributed by atoms with Crippen molar-refractivity contribution in [3.05, 3.63) is 64.2 Å². The van der Waals surface area contributed by atoms with E-state index >= 15 is 0 Å². The summed E-state index contributed by atoms with van der Waals surface area (Å²) < 4.78 is 5.63. The fourth-order valence-electron chi connectivity index (χ4n) is 3.26. The summed E-state index contributed by atoms with van der Waals surface area (Å²) in [5, 5.41) is 0. The van der Waals surface area contributed by atoms with Crippen LogP contribution in [0.25, 0.3) is 9.81 Å². The first-order valence-electron chi connectivity index (χ1n) is 8.58. The van der Waals surface area contributed by atoms with Crippen LogP contribution in [-0.4, -0.2) is 6.61 Å². The van der Waals surface area contributed by atoms with E-state index < -0.39 is 0 Å². The molecule has 3 heteroatoms. The Kier molecular flexibility index (Phi) is 5.62. The number of fused-ring (bicyclic) bond motifs is 1. The Balaban J connectivity index is 2.00. The molecule has 2 aromatic carbocycles. The standard InChI is InChI=1S/C21H24OS2/c1-3-22-18-11-8-14(2)19(13-18)21(24)20(23)17-10-9-15-6-4-5-7-16(15)12-17/h8-13,23-24H,3-7H2,1-2H3. The largest absolute Gasteiger partial charge is 0.494 e. The lowest BCUT2D eigenvalue weighted by Crippen LogP contribution is -2.02. The van der Waals surface area contributed by atoms with Crippen molar-refractivity contribution in [3.63, 3.8) is 0 Å². The van der Waals surface area contributed by atoms with Crippen LogP contribution in [0.1, 0.15) is 47.6 Å². The second kappa shape index (κ2) is 7.71. The molecule has 0 radical (unpaired) electrons. The zero-order chi connectivity index (χ0) is 17.1. The molecule has 0 fully saturated rings. The number of benzene rings is 2. The van der Waals surface area contributed by atoms with Gasteiger partial charge in [0.05, 0.1) is 6.61 Å². The van der Waals surface area contributed by atoms with E-state index in [1.54, 1.807) is 0 Å². The normalized spacial score (nSPS) is 14.8. The highest BCUT2D eigenvalue weighted by atomic mass is 32.1. The summed E-state index contributed by atoms with van der Waals surface area (Å²) in [5.41, 5.74) is 6.35. The van der Waals surface area contributed by atoms with Crippen LogP contribution in [0.5, 0.6) is 5.75 Å². The molecule has 0 spiro atoms. The molecule has 0 aliphatic heterocycles. The van der Waals surface area contributed by atoms with Crippen LogP contribution in [-0.2, 0) is 12.8 Å². The van der Waals surface area contributed by atoms with Crippen LogP contribution >= 0.6 is 25.3 Å². The van der Waals surface area contributed by atoms with Crippen LogP contribution in [0.3, 0.4) is 0 Å². The van der Waals surface area contributed by atoms with Gasteiger partial charge in [-0.1, -0.05) is 24.3 Å². The number of hydrogen-bond donors (Lipinski definition) is 2. The Labute approximate surface area is 156 Å². The van der Waals surface area contributed by atoms with E-state index in [0.717, 1.165) is 26.7 Å². The van der Waals surface area contributed by atoms with Gasteiger partial charge in [-0.2, -0.15) is 0 Å². The smallest absolute Gasteiger partial charge is 0.119 e. The van der Waals surface area contributed by atoms with Crippen molar-refractivity contribution in [1.82, 2.24) is 0 Å². The zero-order valence-corrected chi connectivity index (χ0v) is 16.1. The maximum atomic E-state index is 5.63. The molecule has 0 N–H and O–H groups in total. The summed E-state index contributed by atoms with van der Waals surface area (Å²) in [5.74, 6) is 0.872. The molecule has 24 heavy (non-hydrogen) atoms. The van der Waals surface area contributed by atoms with Gasteiger partial charge in [-0.05, 0) is 79.5 Å². The molecule has 1 nitrogen and oxygen atoms in total. The fraction of sp³-hybridized carbons (Fsp3) is 0.333. The van der Waals surface area contributed by atoms with Crippen LogP contribution in [0.4, 0.5) is 0 Å². The highest BCUT2D eigenvalue weighted by molar-refractivity contribution is 7.96. The first kappa shape index (κ1) is 17.5. The molecule has 0 atom stereocenters. The highest BCUT2D eigenvalue weighted by Gasteiger charge is 2.13. The summed E-state index contributed by atoms with van der Waals surface area (Å²) in [6.45, 7) is 4.75. The molecule has 3 rings (SSSR count). The van der Waals surface area contributed by atoms with E-state index in [1.807, 2.05) is 13.0 Å². The van der Waals surface area contributed by atoms with Gasteiger partial charge in [0.15, 0.2) is 0 Å². The average molecular weight is 357 g/mol. The first-order valence-corrected chi connectivity index (χ1v) is 9.47. The molecular formula is C21H24OS2. The van der Waals surface area contributed by atoms with Gasteiger partial charge in [0.25, 0.3) is 0 Å². The summed E-state index contributed by atoms with van der Waals surface area (Å²) >= 11 is 9.57. The monoisotopic (exact) mass is 356 g/mol. The van der Waals surface area contributed by atoms with Crippen molar-refractivity contribution < 1.29 is 4.74 Å². The number of thiol groups is 2. The SMILES string of the molecule is CCOc1ccc(C)c(C(S)=C(S)c2ccc3c(c2)CCCC3)c1. The first-order chi connectivity index (χ1) is 11.6. The summed E-state index contributed by atoms with van der Waals surface area (Å²) in [6.07, 6.45) is 4.96. The minimum atomic E-state index is 0.659. The zero-order valence-electron chi connectivity index (χ0n) is 14.3. The molecule has 0 unspecified atom stereocenters. The predicted octanol–water partition coefficient (Wildman–Crippen LogP) is 5.96. The highest BCUT2D eigenvalue weighted by Crippen LogP contribution is 2.36. The second-order valence-corrected chi connectivity index (χ2v) is 7.19. The van der Waals surface area contributed by atoms with Gasteiger partial charge in [0, 0.05) is 9.81 Å². The Hall–Kier alpha value is -1.32. The maximum absolute atomic E-state index is 5.63. The number of hydrogen-bond acceptors (Lipinski definition) is 3. The van der Waals surface area contributed by atoms with Gasteiger partial charge in [0.2, 0.25) is 0 Å². The summed E-state index contributed by atoms with van der Waals surface area (Å²) in [7, 11) is 0. The lowest BCUT2D eigenvalue weighted by atomic mass is 9.90. The van der Waals surface area contributed by atoms with Gasteiger partial charge in [-0.15, -0.1) is 25.3 Å². The van der Waals surface area contributed by atoms with Crippen LogP contribution in [0.15, 0.2) is 36.4 Å². The van der Waals surface area contributed by atoms with Crippen molar-refractivity contribution in [1.29, 1.82) is 0 Å². The Morgan fingerprint density at radius 3 is 2.46 bits per heavy atom. The van der Waals surface area contributed by atoms with E-state index in [0.29, 0.717) is 6.61 Å². The number of ether oxygens (including phenoxy) is 1. The van der Waals surface area contributed by atoms with Crippen molar-refractivity contribution in [2.24, 2.45) is 0 Å². The molecule has 0 heterocycles. The third-order valence-corrected chi connectivity index (χ3v) is 5.74. The van der Waals surface area contributed by atoms with E-state index in [2.05, 4.69) is 37.3 Å². The minimum absolute atomic E-state index is 0.659. The Morgan fingerprint density at radius 2 is 1.71 bits per heavy atom. The number of aryl methyl sites for hydroxylation is 3. The Bertz CT molecular complexity index is 777. The minimum Gasteiger partial charge on any atom is -0.494 e. The van der Waals surface area contributed by atoms with E-state index in [-0.39, 0.29) is 0 Å². The maximum Gasteiger partial charge on any atom is 0.119 e. The molecule has 1 aliphatic carbocycles. The molecule has 0 saturated carbocycles. The summed E-state index contributed by atoms with van der Waals surface area (Å²) in [4.78, 5) is 1.82. The van der Waals surface area contributed by atoms with E-state index in [9.17, 15) is 0 Å². The third-order valence-electron chi connectivity index (χ3n) is 4.62.